The van der Waals surface area contributed by atoms with Gasteiger partial charge in [-0.15, -0.1) is 0 Å². The molecule has 3 aromatic rings. The molecule has 1 N–H and O–H groups in total. The zero-order valence-corrected chi connectivity index (χ0v) is 13.2. The number of fused-ring (bicyclic) bond motifs is 1. The van der Waals surface area contributed by atoms with Crippen LogP contribution in [0, 0.1) is 6.92 Å². The van der Waals surface area contributed by atoms with Gasteiger partial charge in [0, 0.05) is 17.5 Å². The van der Waals surface area contributed by atoms with Gasteiger partial charge < -0.3 is 10.1 Å². The van der Waals surface area contributed by atoms with Gasteiger partial charge in [-0.25, -0.2) is 0 Å². The Morgan fingerprint density at radius 3 is 2.74 bits per heavy atom. The van der Waals surface area contributed by atoms with Crippen molar-refractivity contribution in [3.05, 3.63) is 54.2 Å². The first kappa shape index (κ1) is 15.1. The van der Waals surface area contributed by atoms with Gasteiger partial charge in [0.25, 0.3) is 0 Å². The van der Waals surface area contributed by atoms with Crippen molar-refractivity contribution in [2.45, 2.75) is 19.9 Å². The lowest BCUT2D eigenvalue weighted by molar-refractivity contribution is -0.116. The molecule has 0 aliphatic rings. The molecule has 0 aliphatic carbocycles. The maximum absolute atomic E-state index is 12.1. The highest BCUT2D eigenvalue weighted by atomic mass is 16.5. The van der Waals surface area contributed by atoms with Crippen LogP contribution in [0.5, 0.6) is 5.75 Å². The Kier molecular flexibility index (Phi) is 4.28. The molecule has 0 unspecified atom stereocenters. The normalized spacial score (nSPS) is 10.7. The minimum absolute atomic E-state index is 0.0348. The maximum atomic E-state index is 12.1. The van der Waals surface area contributed by atoms with E-state index in [4.69, 9.17) is 4.74 Å². The van der Waals surface area contributed by atoms with Crippen LogP contribution in [0.3, 0.4) is 0 Å². The molecule has 118 valence electrons. The number of methoxy groups -OCH3 is 1. The number of aryl methyl sites for hydroxylation is 2. The highest BCUT2D eigenvalue weighted by Gasteiger charge is 2.08. The zero-order chi connectivity index (χ0) is 16.2. The van der Waals surface area contributed by atoms with Gasteiger partial charge in [0.05, 0.1) is 25.4 Å². The number of para-hydroxylation sites is 1. The van der Waals surface area contributed by atoms with Gasteiger partial charge >= 0.3 is 0 Å². The van der Waals surface area contributed by atoms with Crippen LogP contribution in [0.2, 0.25) is 0 Å². The Labute approximate surface area is 134 Å². The first-order valence-electron chi connectivity index (χ1n) is 7.52. The van der Waals surface area contributed by atoms with E-state index in [1.807, 2.05) is 47.3 Å². The molecule has 23 heavy (non-hydrogen) atoms. The number of amides is 1. The number of benzene rings is 2. The van der Waals surface area contributed by atoms with Crippen LogP contribution in [0.25, 0.3) is 10.9 Å². The van der Waals surface area contributed by atoms with Gasteiger partial charge in [-0.2, -0.15) is 5.10 Å². The molecule has 0 atom stereocenters. The Bertz CT molecular complexity index is 822. The molecule has 0 bridgehead atoms. The molecule has 3 rings (SSSR count). The summed E-state index contributed by atoms with van der Waals surface area (Å²) in [7, 11) is 1.62. The van der Waals surface area contributed by atoms with Crippen molar-refractivity contribution in [1.82, 2.24) is 9.78 Å². The standard InChI is InChI=1S/C18H19N3O2/c1-13-4-3-5-14-12-19-21(18(13)14)11-10-17(22)20-15-6-8-16(23-2)9-7-15/h3-9,12H,10-11H2,1-2H3,(H,20,22). The third kappa shape index (κ3) is 3.34. The third-order valence-corrected chi connectivity index (χ3v) is 3.79. The summed E-state index contributed by atoms with van der Waals surface area (Å²) < 4.78 is 6.99. The number of nitrogens with one attached hydrogen (secondary N) is 1. The highest BCUT2D eigenvalue weighted by molar-refractivity contribution is 5.90. The van der Waals surface area contributed by atoms with Gasteiger partial charge in [-0.3, -0.25) is 9.48 Å². The molecule has 0 saturated carbocycles. The number of ether oxygens (including phenoxy) is 1. The van der Waals surface area contributed by atoms with Gasteiger partial charge in [-0.1, -0.05) is 18.2 Å². The van der Waals surface area contributed by atoms with Crippen molar-refractivity contribution in [2.75, 3.05) is 12.4 Å². The molecule has 0 spiro atoms. The SMILES string of the molecule is COc1ccc(NC(=O)CCn2ncc3cccc(C)c32)cc1. The topological polar surface area (TPSA) is 56.1 Å². The van der Waals surface area contributed by atoms with E-state index in [2.05, 4.69) is 23.4 Å². The van der Waals surface area contributed by atoms with Crippen molar-refractivity contribution >= 4 is 22.5 Å². The van der Waals surface area contributed by atoms with Crippen LogP contribution >= 0.6 is 0 Å². The molecule has 0 saturated heterocycles. The summed E-state index contributed by atoms with van der Waals surface area (Å²) in [5.41, 5.74) is 3.01. The molecule has 5 heteroatoms. The molecule has 0 aliphatic heterocycles. The number of carbonyl (C=O) groups is 1. The maximum Gasteiger partial charge on any atom is 0.226 e. The Hall–Kier alpha value is -2.82. The fourth-order valence-electron chi connectivity index (χ4n) is 2.60. The van der Waals surface area contributed by atoms with E-state index < -0.39 is 0 Å². The molecule has 0 fully saturated rings. The highest BCUT2D eigenvalue weighted by Crippen LogP contribution is 2.18. The quantitative estimate of drug-likeness (QED) is 0.786. The monoisotopic (exact) mass is 309 g/mol. The number of carbonyl (C=O) groups excluding carboxylic acids is 1. The molecule has 1 aromatic heterocycles. The Morgan fingerprint density at radius 2 is 2.00 bits per heavy atom. The predicted molar refractivity (Wildman–Crippen MR) is 90.7 cm³/mol. The number of aromatic nitrogens is 2. The van der Waals surface area contributed by atoms with E-state index in [0.29, 0.717) is 13.0 Å². The van der Waals surface area contributed by atoms with Gasteiger partial charge in [-0.05, 0) is 36.8 Å². The number of hydrogen-bond acceptors (Lipinski definition) is 3. The minimum Gasteiger partial charge on any atom is -0.497 e. The molecular formula is C18H19N3O2. The van der Waals surface area contributed by atoms with E-state index in [9.17, 15) is 4.79 Å². The Balaban J connectivity index is 1.64. The van der Waals surface area contributed by atoms with Crippen LogP contribution < -0.4 is 10.1 Å². The second kappa shape index (κ2) is 6.52. The Morgan fingerprint density at radius 1 is 1.22 bits per heavy atom. The zero-order valence-electron chi connectivity index (χ0n) is 13.2. The fourth-order valence-corrected chi connectivity index (χ4v) is 2.60. The van der Waals surface area contributed by atoms with Crippen LogP contribution in [0.15, 0.2) is 48.7 Å². The van der Waals surface area contributed by atoms with E-state index in [-0.39, 0.29) is 5.91 Å². The average molecular weight is 309 g/mol. The van der Waals surface area contributed by atoms with Gasteiger partial charge in [0.15, 0.2) is 0 Å². The van der Waals surface area contributed by atoms with E-state index >= 15 is 0 Å². The molecular weight excluding hydrogens is 290 g/mol. The van der Waals surface area contributed by atoms with E-state index in [0.717, 1.165) is 27.9 Å². The summed E-state index contributed by atoms with van der Waals surface area (Å²) in [4.78, 5) is 12.1. The summed E-state index contributed by atoms with van der Waals surface area (Å²) in [6.07, 6.45) is 2.21. The van der Waals surface area contributed by atoms with Crippen LogP contribution in [0.4, 0.5) is 5.69 Å². The average Bonchev–Trinajstić information content (AvgIpc) is 2.98. The first-order chi connectivity index (χ1) is 11.2. The molecule has 0 radical (unpaired) electrons. The fraction of sp³-hybridized carbons (Fsp3) is 0.222. The van der Waals surface area contributed by atoms with E-state index in [1.54, 1.807) is 7.11 Å². The molecule has 5 nitrogen and oxygen atoms in total. The van der Waals surface area contributed by atoms with Crippen molar-refractivity contribution < 1.29 is 9.53 Å². The summed E-state index contributed by atoms with van der Waals surface area (Å²) in [5.74, 6) is 0.730. The second-order valence-corrected chi connectivity index (χ2v) is 5.41. The smallest absolute Gasteiger partial charge is 0.226 e. The van der Waals surface area contributed by atoms with E-state index in [1.165, 1.54) is 0 Å². The molecule has 2 aromatic carbocycles. The lowest BCUT2D eigenvalue weighted by Gasteiger charge is -2.08. The third-order valence-electron chi connectivity index (χ3n) is 3.79. The van der Waals surface area contributed by atoms with Crippen LogP contribution in [-0.2, 0) is 11.3 Å². The predicted octanol–water partition coefficient (Wildman–Crippen LogP) is 3.38. The summed E-state index contributed by atoms with van der Waals surface area (Å²) >= 11 is 0. The van der Waals surface area contributed by atoms with Crippen molar-refractivity contribution in [3.63, 3.8) is 0 Å². The van der Waals surface area contributed by atoms with Gasteiger partial charge in [0.2, 0.25) is 5.91 Å². The number of anilines is 1. The lowest BCUT2D eigenvalue weighted by atomic mass is 10.2. The summed E-state index contributed by atoms with van der Waals surface area (Å²) in [6, 6.07) is 13.4. The first-order valence-corrected chi connectivity index (χ1v) is 7.52. The molecule has 1 amide bonds. The number of rotatable bonds is 5. The largest absolute Gasteiger partial charge is 0.497 e. The number of nitrogens with zero attached hydrogens (tertiary/aromatic N) is 2. The van der Waals surface area contributed by atoms with Crippen molar-refractivity contribution in [3.8, 4) is 5.75 Å². The van der Waals surface area contributed by atoms with Crippen LogP contribution in [0.1, 0.15) is 12.0 Å². The number of hydrogen-bond donors (Lipinski definition) is 1. The summed E-state index contributed by atoms with van der Waals surface area (Å²) in [5, 5.41) is 8.36. The van der Waals surface area contributed by atoms with Crippen molar-refractivity contribution in [2.24, 2.45) is 0 Å². The minimum atomic E-state index is -0.0348. The molecule has 1 heterocycles. The van der Waals surface area contributed by atoms with Crippen molar-refractivity contribution in [1.29, 1.82) is 0 Å². The van der Waals surface area contributed by atoms with Crippen LogP contribution in [-0.4, -0.2) is 22.8 Å². The second-order valence-electron chi connectivity index (χ2n) is 5.41. The van der Waals surface area contributed by atoms with Gasteiger partial charge in [0.1, 0.15) is 5.75 Å². The lowest BCUT2D eigenvalue weighted by Crippen LogP contribution is -2.15. The summed E-state index contributed by atoms with van der Waals surface area (Å²) in [6.45, 7) is 2.61.